The van der Waals surface area contributed by atoms with E-state index in [0.29, 0.717) is 41.3 Å². The summed E-state index contributed by atoms with van der Waals surface area (Å²) in [6.45, 7) is -0.227. The van der Waals surface area contributed by atoms with Crippen molar-refractivity contribution in [3.8, 4) is 11.4 Å². The van der Waals surface area contributed by atoms with E-state index in [4.69, 9.17) is 11.6 Å². The van der Waals surface area contributed by atoms with Crippen molar-refractivity contribution in [2.24, 2.45) is 0 Å². The van der Waals surface area contributed by atoms with E-state index in [9.17, 15) is 14.6 Å². The van der Waals surface area contributed by atoms with Crippen molar-refractivity contribution < 1.29 is 14.6 Å². The lowest BCUT2D eigenvalue weighted by molar-refractivity contribution is 0.0669. The molecule has 2 unspecified atom stereocenters. The van der Waals surface area contributed by atoms with Crippen LogP contribution in [0, 0.1) is 5.82 Å². The Kier molecular flexibility index (Phi) is 4.71. The van der Waals surface area contributed by atoms with Crippen LogP contribution >= 0.6 is 11.6 Å². The van der Waals surface area contributed by atoms with E-state index in [1.807, 2.05) is 0 Å². The van der Waals surface area contributed by atoms with Gasteiger partial charge in [-0.1, -0.05) is 11.6 Å². The maximum atomic E-state index is 14.4. The van der Waals surface area contributed by atoms with Crippen LogP contribution in [0.15, 0.2) is 24.7 Å². The monoisotopic (exact) mass is 391 g/mol. The zero-order valence-electron chi connectivity index (χ0n) is 14.4. The summed E-state index contributed by atoms with van der Waals surface area (Å²) < 4.78 is 14.4. The van der Waals surface area contributed by atoms with E-state index in [1.165, 1.54) is 6.20 Å². The molecule has 0 bridgehead atoms. The van der Waals surface area contributed by atoms with Crippen LogP contribution in [0.4, 0.5) is 10.2 Å². The van der Waals surface area contributed by atoms with Crippen molar-refractivity contribution in [3.63, 3.8) is 0 Å². The molecule has 4 N–H and O–H groups in total. The SMILES string of the molecule is OCC1(Nc2nc(-c3c[nH]c4ncc(Cl)cc34)ncc2F)CCCC(O)C1. The minimum absolute atomic E-state index is 0.00696. The molecule has 0 spiro atoms. The molecule has 3 heterocycles. The third kappa shape index (κ3) is 3.47. The molecule has 1 aliphatic carbocycles. The van der Waals surface area contributed by atoms with Gasteiger partial charge in [-0.2, -0.15) is 0 Å². The Morgan fingerprint density at radius 2 is 2.22 bits per heavy atom. The zero-order chi connectivity index (χ0) is 19.0. The first-order valence-corrected chi connectivity index (χ1v) is 9.10. The van der Waals surface area contributed by atoms with Gasteiger partial charge in [0, 0.05) is 23.3 Å². The highest BCUT2D eigenvalue weighted by molar-refractivity contribution is 6.31. The van der Waals surface area contributed by atoms with Crippen molar-refractivity contribution >= 4 is 28.5 Å². The maximum absolute atomic E-state index is 14.4. The van der Waals surface area contributed by atoms with Crippen LogP contribution in [0.1, 0.15) is 25.7 Å². The first-order valence-electron chi connectivity index (χ1n) is 8.72. The van der Waals surface area contributed by atoms with Gasteiger partial charge in [0.25, 0.3) is 0 Å². The molecule has 0 aliphatic heterocycles. The molecule has 1 fully saturated rings. The molecule has 0 aromatic carbocycles. The summed E-state index contributed by atoms with van der Waals surface area (Å²) in [5, 5.41) is 24.1. The molecule has 1 aliphatic rings. The van der Waals surface area contributed by atoms with E-state index in [-0.39, 0.29) is 12.4 Å². The van der Waals surface area contributed by atoms with E-state index in [1.54, 1.807) is 12.3 Å². The number of aliphatic hydroxyl groups is 2. The minimum atomic E-state index is -0.810. The molecule has 9 heteroatoms. The first-order chi connectivity index (χ1) is 13.0. The van der Waals surface area contributed by atoms with Crippen molar-refractivity contribution in [2.75, 3.05) is 11.9 Å². The van der Waals surface area contributed by atoms with Gasteiger partial charge in [-0.3, -0.25) is 0 Å². The van der Waals surface area contributed by atoms with Gasteiger partial charge in [0.15, 0.2) is 17.5 Å². The molecular weight excluding hydrogens is 373 g/mol. The van der Waals surface area contributed by atoms with Gasteiger partial charge in [0.1, 0.15) is 5.65 Å². The standard InChI is InChI=1S/C18H19ClFN5O2/c19-10-4-12-13(7-22-15(12)21-6-10)16-23-8-14(20)17(24-16)25-18(9-26)3-1-2-11(27)5-18/h4,6-8,11,26-27H,1-3,5,9H2,(H,21,22)(H,23,24,25). The van der Waals surface area contributed by atoms with Crippen LogP contribution in [-0.2, 0) is 0 Å². The molecule has 2 atom stereocenters. The number of nitrogens with one attached hydrogen (secondary N) is 2. The number of anilines is 1. The summed E-state index contributed by atoms with van der Waals surface area (Å²) >= 11 is 6.03. The van der Waals surface area contributed by atoms with Gasteiger partial charge in [-0.25, -0.2) is 19.3 Å². The minimum Gasteiger partial charge on any atom is -0.394 e. The van der Waals surface area contributed by atoms with Gasteiger partial charge in [0.2, 0.25) is 0 Å². The fourth-order valence-electron chi connectivity index (χ4n) is 3.63. The molecule has 142 valence electrons. The molecule has 27 heavy (non-hydrogen) atoms. The van der Waals surface area contributed by atoms with Gasteiger partial charge in [-0.05, 0) is 31.7 Å². The Labute approximate surface area is 159 Å². The van der Waals surface area contributed by atoms with Crippen LogP contribution < -0.4 is 5.32 Å². The quantitative estimate of drug-likeness (QED) is 0.544. The Hall–Kier alpha value is -2.29. The topological polar surface area (TPSA) is 107 Å². The summed E-state index contributed by atoms with van der Waals surface area (Å²) in [6, 6.07) is 1.74. The fraction of sp³-hybridized carbons (Fsp3) is 0.389. The van der Waals surface area contributed by atoms with Crippen LogP contribution in [0.25, 0.3) is 22.4 Å². The number of aromatic nitrogens is 4. The highest BCUT2D eigenvalue weighted by atomic mass is 35.5. The first kappa shape index (κ1) is 18.1. The van der Waals surface area contributed by atoms with E-state index < -0.39 is 17.5 Å². The number of H-pyrrole nitrogens is 1. The van der Waals surface area contributed by atoms with Gasteiger partial charge >= 0.3 is 0 Å². The number of hydrogen-bond donors (Lipinski definition) is 4. The lowest BCUT2D eigenvalue weighted by Crippen LogP contribution is -2.48. The number of aromatic amines is 1. The second kappa shape index (κ2) is 7.03. The van der Waals surface area contributed by atoms with Gasteiger partial charge in [-0.15, -0.1) is 0 Å². The normalized spacial score (nSPS) is 22.9. The van der Waals surface area contributed by atoms with Crippen LogP contribution in [-0.4, -0.2) is 48.4 Å². The number of fused-ring (bicyclic) bond motifs is 1. The number of aliphatic hydroxyl groups excluding tert-OH is 2. The Balaban J connectivity index is 1.72. The number of rotatable bonds is 4. The molecule has 1 saturated carbocycles. The third-order valence-corrected chi connectivity index (χ3v) is 5.19. The highest BCUT2D eigenvalue weighted by Gasteiger charge is 2.36. The molecule has 0 amide bonds. The average Bonchev–Trinajstić information content (AvgIpc) is 3.06. The van der Waals surface area contributed by atoms with Gasteiger partial charge in [0.05, 0.1) is 29.5 Å². The molecule has 0 radical (unpaired) electrons. The third-order valence-electron chi connectivity index (χ3n) is 4.99. The fourth-order valence-corrected chi connectivity index (χ4v) is 3.78. The Bertz CT molecular complexity index is 982. The van der Waals surface area contributed by atoms with Crippen molar-refractivity contribution in [1.82, 2.24) is 19.9 Å². The molecule has 3 aromatic heterocycles. The molecule has 3 aromatic rings. The Morgan fingerprint density at radius 1 is 1.37 bits per heavy atom. The lowest BCUT2D eigenvalue weighted by Gasteiger charge is -2.39. The maximum Gasteiger partial charge on any atom is 0.183 e. The number of halogens is 2. The summed E-state index contributed by atoms with van der Waals surface area (Å²) in [6.07, 6.45) is 6.13. The summed E-state index contributed by atoms with van der Waals surface area (Å²) in [5.41, 5.74) is 0.457. The van der Waals surface area contributed by atoms with Crippen molar-refractivity contribution in [1.29, 1.82) is 0 Å². The number of nitrogens with zero attached hydrogens (tertiary/aromatic N) is 3. The summed E-state index contributed by atoms with van der Waals surface area (Å²) in [5.74, 6) is -0.325. The lowest BCUT2D eigenvalue weighted by atomic mass is 9.80. The number of hydrogen-bond acceptors (Lipinski definition) is 6. The average molecular weight is 392 g/mol. The largest absolute Gasteiger partial charge is 0.394 e. The second-order valence-corrected chi connectivity index (χ2v) is 7.39. The van der Waals surface area contributed by atoms with Crippen LogP contribution in [0.5, 0.6) is 0 Å². The molecule has 7 nitrogen and oxygen atoms in total. The predicted molar refractivity (Wildman–Crippen MR) is 100 cm³/mol. The number of pyridine rings is 1. The summed E-state index contributed by atoms with van der Waals surface area (Å²) in [7, 11) is 0. The van der Waals surface area contributed by atoms with E-state index in [2.05, 4.69) is 25.3 Å². The molecular formula is C18H19ClFN5O2. The van der Waals surface area contributed by atoms with Crippen LogP contribution in [0.2, 0.25) is 5.02 Å². The molecule has 4 rings (SSSR count). The van der Waals surface area contributed by atoms with E-state index in [0.717, 1.165) is 18.0 Å². The summed E-state index contributed by atoms with van der Waals surface area (Å²) in [4.78, 5) is 15.6. The second-order valence-electron chi connectivity index (χ2n) is 6.96. The van der Waals surface area contributed by atoms with Crippen molar-refractivity contribution in [2.45, 2.75) is 37.3 Å². The highest BCUT2D eigenvalue weighted by Crippen LogP contribution is 2.33. The van der Waals surface area contributed by atoms with Crippen LogP contribution in [0.3, 0.4) is 0 Å². The van der Waals surface area contributed by atoms with E-state index >= 15 is 0 Å². The van der Waals surface area contributed by atoms with Crippen molar-refractivity contribution in [3.05, 3.63) is 35.5 Å². The predicted octanol–water partition coefficient (Wildman–Crippen LogP) is 2.89. The molecule has 0 saturated heterocycles. The Morgan fingerprint density at radius 3 is 3.00 bits per heavy atom. The zero-order valence-corrected chi connectivity index (χ0v) is 15.2. The van der Waals surface area contributed by atoms with Gasteiger partial charge < -0.3 is 20.5 Å². The smallest absolute Gasteiger partial charge is 0.183 e.